The molecule has 2 aromatic rings. The lowest BCUT2D eigenvalue weighted by Gasteiger charge is -2.49. The molecule has 0 aliphatic carbocycles. The van der Waals surface area contributed by atoms with Crippen LogP contribution in [-0.4, -0.2) is 39.4 Å². The second-order valence-electron chi connectivity index (χ2n) is 7.43. The molecular formula is C20H20N4O2. The maximum Gasteiger partial charge on any atom is 0.272 e. The molecule has 26 heavy (non-hydrogen) atoms. The number of piperidine rings is 1. The average molecular weight is 348 g/mol. The minimum Gasteiger partial charge on any atom is -0.362 e. The van der Waals surface area contributed by atoms with Crippen LogP contribution < -0.4 is 10.6 Å². The topological polar surface area (TPSA) is 74.3 Å². The Morgan fingerprint density at radius 2 is 1.77 bits per heavy atom. The number of benzene rings is 1. The van der Waals surface area contributed by atoms with E-state index < -0.39 is 5.66 Å². The number of carbonyl (C=O) groups is 2. The summed E-state index contributed by atoms with van der Waals surface area (Å²) in [6.07, 6.45) is 5.00. The van der Waals surface area contributed by atoms with E-state index in [0.717, 1.165) is 18.5 Å². The molecule has 6 heteroatoms. The number of hydrogen-bond acceptors (Lipinski definition) is 4. The standard InChI is InChI=1S/C20H20N4O2/c25-18-15-5-1-2-6-16(15)22-20(23-18)11-13-8-9-14(12-20)24(13)19(26)17-7-3-4-10-21-17/h1-7,10,13-14,22H,8-9,11-12H2,(H,23,25)/t13-,14-/m0/s1. The highest BCUT2D eigenvalue weighted by Crippen LogP contribution is 2.43. The fourth-order valence-electron chi connectivity index (χ4n) is 4.77. The Kier molecular flexibility index (Phi) is 3.29. The van der Waals surface area contributed by atoms with Crippen molar-refractivity contribution in [1.82, 2.24) is 15.2 Å². The molecule has 0 radical (unpaired) electrons. The number of para-hydroxylation sites is 1. The molecule has 0 saturated carbocycles. The Bertz CT molecular complexity index is 868. The fourth-order valence-corrected chi connectivity index (χ4v) is 4.77. The van der Waals surface area contributed by atoms with Crippen LogP contribution in [0.5, 0.6) is 0 Å². The molecule has 3 aliphatic heterocycles. The third kappa shape index (κ3) is 2.29. The lowest BCUT2D eigenvalue weighted by atomic mass is 9.87. The van der Waals surface area contributed by atoms with Crippen LogP contribution in [-0.2, 0) is 0 Å². The monoisotopic (exact) mass is 348 g/mol. The van der Waals surface area contributed by atoms with Gasteiger partial charge in [-0.05, 0) is 37.1 Å². The van der Waals surface area contributed by atoms with Crippen LogP contribution in [0.3, 0.4) is 0 Å². The Hall–Kier alpha value is -2.89. The zero-order chi connectivity index (χ0) is 17.7. The van der Waals surface area contributed by atoms with E-state index in [1.807, 2.05) is 41.3 Å². The van der Waals surface area contributed by atoms with Crippen molar-refractivity contribution in [2.24, 2.45) is 0 Å². The number of nitrogens with one attached hydrogen (secondary N) is 2. The van der Waals surface area contributed by atoms with Crippen molar-refractivity contribution in [1.29, 1.82) is 0 Å². The Morgan fingerprint density at radius 1 is 1.04 bits per heavy atom. The van der Waals surface area contributed by atoms with E-state index in [9.17, 15) is 9.59 Å². The fraction of sp³-hybridized carbons (Fsp3) is 0.350. The van der Waals surface area contributed by atoms with Crippen LogP contribution in [0.15, 0.2) is 48.7 Å². The summed E-state index contributed by atoms with van der Waals surface area (Å²) in [5.74, 6) is -0.0428. The van der Waals surface area contributed by atoms with E-state index in [4.69, 9.17) is 0 Å². The smallest absolute Gasteiger partial charge is 0.272 e. The Morgan fingerprint density at radius 3 is 2.50 bits per heavy atom. The number of carbonyl (C=O) groups excluding carboxylic acids is 2. The number of anilines is 1. The quantitative estimate of drug-likeness (QED) is 0.830. The second kappa shape index (κ2) is 5.56. The van der Waals surface area contributed by atoms with Gasteiger partial charge in [0.25, 0.3) is 11.8 Å². The van der Waals surface area contributed by atoms with Crippen molar-refractivity contribution in [3.05, 3.63) is 59.9 Å². The molecule has 0 unspecified atom stereocenters. The summed E-state index contributed by atoms with van der Waals surface area (Å²) in [4.78, 5) is 31.7. The molecule has 6 nitrogen and oxygen atoms in total. The van der Waals surface area contributed by atoms with Gasteiger partial charge in [0.15, 0.2) is 0 Å². The van der Waals surface area contributed by atoms with Crippen LogP contribution >= 0.6 is 0 Å². The van der Waals surface area contributed by atoms with E-state index in [1.165, 1.54) is 0 Å². The first kappa shape index (κ1) is 15.4. The van der Waals surface area contributed by atoms with Gasteiger partial charge < -0.3 is 15.5 Å². The van der Waals surface area contributed by atoms with Crippen LogP contribution in [0.1, 0.15) is 46.5 Å². The third-order valence-corrected chi connectivity index (χ3v) is 5.81. The lowest BCUT2D eigenvalue weighted by molar-refractivity contribution is 0.0445. The van der Waals surface area contributed by atoms with Gasteiger partial charge in [-0.25, -0.2) is 0 Å². The Balaban J connectivity index is 1.43. The van der Waals surface area contributed by atoms with Crippen molar-refractivity contribution in [2.75, 3.05) is 5.32 Å². The number of amides is 2. The summed E-state index contributed by atoms with van der Waals surface area (Å²) >= 11 is 0. The van der Waals surface area contributed by atoms with Crippen LogP contribution in [0.4, 0.5) is 5.69 Å². The zero-order valence-corrected chi connectivity index (χ0v) is 14.3. The summed E-state index contributed by atoms with van der Waals surface area (Å²) in [5.41, 5.74) is 1.57. The van der Waals surface area contributed by atoms with Crippen molar-refractivity contribution in [2.45, 2.75) is 43.4 Å². The number of aromatic nitrogens is 1. The molecule has 5 rings (SSSR count). The number of fused-ring (bicyclic) bond motifs is 3. The van der Waals surface area contributed by atoms with Gasteiger partial charge in [0, 0.05) is 36.8 Å². The molecule has 2 atom stereocenters. The number of pyridine rings is 1. The minimum atomic E-state index is -0.474. The lowest BCUT2D eigenvalue weighted by Crippen LogP contribution is -2.65. The van der Waals surface area contributed by atoms with Gasteiger partial charge in [-0.15, -0.1) is 0 Å². The summed E-state index contributed by atoms with van der Waals surface area (Å²) in [6, 6.07) is 13.2. The summed E-state index contributed by atoms with van der Waals surface area (Å²) in [5, 5.41) is 6.74. The molecule has 2 saturated heterocycles. The molecule has 3 aliphatic rings. The van der Waals surface area contributed by atoms with Crippen molar-refractivity contribution in [3.8, 4) is 0 Å². The molecular weight excluding hydrogens is 328 g/mol. The van der Waals surface area contributed by atoms with Crippen LogP contribution in [0.25, 0.3) is 0 Å². The molecule has 2 N–H and O–H groups in total. The van der Waals surface area contributed by atoms with Gasteiger partial charge in [0.1, 0.15) is 11.4 Å². The van der Waals surface area contributed by atoms with E-state index in [0.29, 0.717) is 24.1 Å². The van der Waals surface area contributed by atoms with Gasteiger partial charge >= 0.3 is 0 Å². The summed E-state index contributed by atoms with van der Waals surface area (Å²) in [6.45, 7) is 0. The molecule has 1 aromatic carbocycles. The maximum absolute atomic E-state index is 13.0. The highest BCUT2D eigenvalue weighted by molar-refractivity contribution is 6.02. The van der Waals surface area contributed by atoms with Crippen LogP contribution in [0, 0.1) is 0 Å². The van der Waals surface area contributed by atoms with Gasteiger partial charge in [-0.1, -0.05) is 18.2 Å². The maximum atomic E-state index is 13.0. The van der Waals surface area contributed by atoms with Gasteiger partial charge in [0.05, 0.1) is 5.56 Å². The van der Waals surface area contributed by atoms with Crippen molar-refractivity contribution in [3.63, 3.8) is 0 Å². The van der Waals surface area contributed by atoms with E-state index in [-0.39, 0.29) is 23.9 Å². The predicted octanol–water partition coefficient (Wildman–Crippen LogP) is 2.40. The van der Waals surface area contributed by atoms with Gasteiger partial charge in [-0.2, -0.15) is 0 Å². The molecule has 1 aromatic heterocycles. The molecule has 1 spiro atoms. The normalized spacial score (nSPS) is 29.1. The van der Waals surface area contributed by atoms with E-state index >= 15 is 0 Å². The SMILES string of the molecule is O=C1NC2(C[C@@H]3CC[C@@H](C2)N3C(=O)c2ccccn2)Nc2ccccc21. The number of rotatable bonds is 1. The first-order valence-corrected chi connectivity index (χ1v) is 9.09. The van der Waals surface area contributed by atoms with E-state index in [2.05, 4.69) is 15.6 Å². The predicted molar refractivity (Wildman–Crippen MR) is 96.7 cm³/mol. The molecule has 2 amide bonds. The molecule has 4 heterocycles. The van der Waals surface area contributed by atoms with Crippen molar-refractivity contribution >= 4 is 17.5 Å². The minimum absolute atomic E-state index is 0.00418. The largest absolute Gasteiger partial charge is 0.362 e. The second-order valence-corrected chi connectivity index (χ2v) is 7.43. The third-order valence-electron chi connectivity index (χ3n) is 5.81. The highest BCUT2D eigenvalue weighted by atomic mass is 16.2. The number of nitrogens with zero attached hydrogens (tertiary/aromatic N) is 2. The van der Waals surface area contributed by atoms with Gasteiger partial charge in [-0.3, -0.25) is 14.6 Å². The van der Waals surface area contributed by atoms with Crippen molar-refractivity contribution < 1.29 is 9.59 Å². The average Bonchev–Trinajstić information content (AvgIpc) is 2.94. The molecule has 2 bridgehead atoms. The molecule has 132 valence electrons. The number of hydrogen-bond donors (Lipinski definition) is 2. The summed E-state index contributed by atoms with van der Waals surface area (Å²) < 4.78 is 0. The van der Waals surface area contributed by atoms with Gasteiger partial charge in [0.2, 0.25) is 0 Å². The molecule has 2 fully saturated rings. The van der Waals surface area contributed by atoms with Crippen LogP contribution in [0.2, 0.25) is 0 Å². The first-order valence-electron chi connectivity index (χ1n) is 9.09. The van der Waals surface area contributed by atoms with E-state index in [1.54, 1.807) is 12.3 Å². The summed E-state index contributed by atoms with van der Waals surface area (Å²) in [7, 11) is 0. The highest BCUT2D eigenvalue weighted by Gasteiger charge is 2.52. The first-order chi connectivity index (χ1) is 12.7. The Labute approximate surface area is 151 Å². The zero-order valence-electron chi connectivity index (χ0n) is 14.3.